The maximum Gasteiger partial charge on any atom is 0.251 e. The van der Waals surface area contributed by atoms with Crippen molar-refractivity contribution in [3.05, 3.63) is 71.4 Å². The van der Waals surface area contributed by atoms with Gasteiger partial charge in [0.25, 0.3) is 5.91 Å². The molecule has 0 spiro atoms. The van der Waals surface area contributed by atoms with Crippen LogP contribution in [0.1, 0.15) is 78.5 Å². The molecule has 0 bridgehead atoms. The van der Waals surface area contributed by atoms with Gasteiger partial charge in [0.2, 0.25) is 0 Å². The Morgan fingerprint density at radius 1 is 0.970 bits per heavy atom. The lowest BCUT2D eigenvalue weighted by Gasteiger charge is -2.29. The molecule has 0 saturated heterocycles. The minimum atomic E-state index is -0.224. The second-order valence-corrected chi connectivity index (χ2v) is 9.58. The molecule has 2 unspecified atom stereocenters. The first-order valence-electron chi connectivity index (χ1n) is 12.0. The van der Waals surface area contributed by atoms with Crippen LogP contribution in [-0.2, 0) is 0 Å². The molecule has 2 fully saturated rings. The van der Waals surface area contributed by atoms with Gasteiger partial charge in [-0.1, -0.05) is 6.42 Å². The number of halogens is 1. The molecule has 4 aromatic rings. The molecule has 1 amide bonds. The Morgan fingerprint density at radius 2 is 1.79 bits per heavy atom. The summed E-state index contributed by atoms with van der Waals surface area (Å²) in [5.41, 5.74) is 4.49. The number of nitrogens with zero attached hydrogens (tertiary/aromatic N) is 2. The van der Waals surface area contributed by atoms with Crippen molar-refractivity contribution in [3.63, 3.8) is 0 Å². The van der Waals surface area contributed by atoms with E-state index in [0.29, 0.717) is 23.4 Å². The molecule has 33 heavy (non-hydrogen) atoms. The first kappa shape index (κ1) is 20.3. The predicted octanol–water partition coefficient (Wildman–Crippen LogP) is 5.97. The van der Waals surface area contributed by atoms with Crippen LogP contribution >= 0.6 is 0 Å². The van der Waals surface area contributed by atoms with E-state index in [1.165, 1.54) is 18.1 Å². The van der Waals surface area contributed by atoms with E-state index in [4.69, 9.17) is 4.98 Å². The topological polar surface area (TPSA) is 70.7 Å². The van der Waals surface area contributed by atoms with Crippen molar-refractivity contribution in [3.8, 4) is 0 Å². The number of hydrogen-bond donors (Lipinski definition) is 2. The Bertz CT molecular complexity index is 1340. The van der Waals surface area contributed by atoms with Crippen LogP contribution in [0.4, 0.5) is 4.39 Å². The molecule has 5 nitrogen and oxygen atoms in total. The highest BCUT2D eigenvalue weighted by Crippen LogP contribution is 2.42. The summed E-state index contributed by atoms with van der Waals surface area (Å²) in [6.45, 7) is 0. The molecule has 2 aliphatic carbocycles. The van der Waals surface area contributed by atoms with E-state index in [1.807, 2.05) is 30.5 Å². The first-order valence-corrected chi connectivity index (χ1v) is 12.0. The molecule has 6 rings (SSSR count). The van der Waals surface area contributed by atoms with E-state index in [0.717, 1.165) is 66.3 Å². The summed E-state index contributed by atoms with van der Waals surface area (Å²) in [6, 6.07) is 12.9. The molecule has 2 aromatic heterocycles. The number of amides is 1. The minimum absolute atomic E-state index is 0.00715. The molecule has 2 aliphatic rings. The van der Waals surface area contributed by atoms with Crippen molar-refractivity contribution in [2.75, 3.05) is 0 Å². The monoisotopic (exact) mass is 442 g/mol. The van der Waals surface area contributed by atoms with Crippen molar-refractivity contribution in [1.29, 1.82) is 0 Å². The number of carbonyl (C=O) groups excluding carboxylic acids is 1. The standard InChI is InChI=1S/C27H27FN4O/c28-19-8-10-23-22(15-19)21(11-12-29-23)16-3-1-4-17(13-16)26-31-24-9-7-18(14-25(24)32-26)27(33)30-20-5-2-6-20/h7-12,14-17,20H,1-6,13H2,(H,30,33)(H,31,32). The van der Waals surface area contributed by atoms with Gasteiger partial charge in [-0.25, -0.2) is 9.37 Å². The summed E-state index contributed by atoms with van der Waals surface area (Å²) in [4.78, 5) is 25.3. The average Bonchev–Trinajstić information content (AvgIpc) is 3.24. The van der Waals surface area contributed by atoms with E-state index < -0.39 is 0 Å². The van der Waals surface area contributed by atoms with Gasteiger partial charge in [0.15, 0.2) is 0 Å². The fourth-order valence-electron chi connectivity index (χ4n) is 5.40. The van der Waals surface area contributed by atoms with Crippen molar-refractivity contribution in [2.45, 2.75) is 62.8 Å². The third-order valence-corrected chi connectivity index (χ3v) is 7.44. The van der Waals surface area contributed by atoms with Gasteiger partial charge in [-0.2, -0.15) is 0 Å². The lowest BCUT2D eigenvalue weighted by atomic mass is 9.77. The SMILES string of the molecule is O=C(NC1CCC1)c1ccc2nc(C3CCCC(c4ccnc5ccc(F)cc45)C3)[nH]c2c1. The minimum Gasteiger partial charge on any atom is -0.349 e. The maximum atomic E-state index is 14.0. The van der Waals surface area contributed by atoms with Crippen LogP contribution in [-0.4, -0.2) is 26.9 Å². The highest BCUT2D eigenvalue weighted by atomic mass is 19.1. The van der Waals surface area contributed by atoms with Crippen molar-refractivity contribution in [1.82, 2.24) is 20.3 Å². The Kier molecular flexibility index (Phi) is 5.08. The number of carbonyl (C=O) groups is 1. The number of imidazole rings is 1. The molecule has 0 radical (unpaired) electrons. The van der Waals surface area contributed by atoms with E-state index >= 15 is 0 Å². The largest absolute Gasteiger partial charge is 0.349 e. The number of benzene rings is 2. The molecular formula is C27H27FN4O. The van der Waals surface area contributed by atoms with Gasteiger partial charge in [0, 0.05) is 29.1 Å². The number of aromatic amines is 1. The first-order chi connectivity index (χ1) is 16.1. The number of rotatable bonds is 4. The molecule has 2 heterocycles. The third kappa shape index (κ3) is 3.88. The van der Waals surface area contributed by atoms with Gasteiger partial charge < -0.3 is 10.3 Å². The summed E-state index contributed by atoms with van der Waals surface area (Å²) in [5, 5.41) is 4.02. The third-order valence-electron chi connectivity index (χ3n) is 7.44. The van der Waals surface area contributed by atoms with Crippen LogP contribution in [0.2, 0.25) is 0 Å². The van der Waals surface area contributed by atoms with Gasteiger partial charge in [-0.05, 0) is 92.5 Å². The smallest absolute Gasteiger partial charge is 0.251 e. The van der Waals surface area contributed by atoms with E-state index in [1.54, 1.807) is 12.1 Å². The number of fused-ring (bicyclic) bond motifs is 2. The van der Waals surface area contributed by atoms with Gasteiger partial charge in [0.05, 0.1) is 16.6 Å². The molecule has 2 aromatic carbocycles. The molecular weight excluding hydrogens is 415 g/mol. The normalized spacial score (nSPS) is 21.2. The molecule has 6 heteroatoms. The summed E-state index contributed by atoms with van der Waals surface area (Å²) >= 11 is 0. The average molecular weight is 443 g/mol. The summed E-state index contributed by atoms with van der Waals surface area (Å²) in [6.07, 6.45) is 9.39. The maximum absolute atomic E-state index is 14.0. The molecule has 2 atom stereocenters. The molecule has 168 valence electrons. The van der Waals surface area contributed by atoms with E-state index in [-0.39, 0.29) is 11.7 Å². The van der Waals surface area contributed by atoms with Crippen LogP contribution in [0, 0.1) is 5.82 Å². The summed E-state index contributed by atoms with van der Waals surface area (Å²) < 4.78 is 14.0. The zero-order valence-corrected chi connectivity index (χ0v) is 18.5. The van der Waals surface area contributed by atoms with Crippen LogP contribution in [0.3, 0.4) is 0 Å². The van der Waals surface area contributed by atoms with Crippen LogP contribution < -0.4 is 5.32 Å². The fraction of sp³-hybridized carbons (Fsp3) is 0.370. The Balaban J connectivity index is 1.25. The number of pyridine rings is 1. The number of hydrogen-bond acceptors (Lipinski definition) is 3. The van der Waals surface area contributed by atoms with E-state index in [2.05, 4.69) is 15.3 Å². The summed E-state index contributed by atoms with van der Waals surface area (Å²) in [7, 11) is 0. The number of aromatic nitrogens is 3. The lowest BCUT2D eigenvalue weighted by molar-refractivity contribution is 0.0917. The second-order valence-electron chi connectivity index (χ2n) is 9.58. The van der Waals surface area contributed by atoms with Crippen LogP contribution in [0.25, 0.3) is 21.9 Å². The quantitative estimate of drug-likeness (QED) is 0.409. The number of nitrogens with one attached hydrogen (secondary N) is 2. The number of H-pyrrole nitrogens is 1. The Hall–Kier alpha value is -3.28. The van der Waals surface area contributed by atoms with Crippen LogP contribution in [0.5, 0.6) is 0 Å². The lowest BCUT2D eigenvalue weighted by Crippen LogP contribution is -2.39. The Labute approximate surface area is 191 Å². The molecule has 2 saturated carbocycles. The van der Waals surface area contributed by atoms with Crippen molar-refractivity contribution < 1.29 is 9.18 Å². The van der Waals surface area contributed by atoms with Gasteiger partial charge >= 0.3 is 0 Å². The zero-order chi connectivity index (χ0) is 22.4. The predicted molar refractivity (Wildman–Crippen MR) is 127 cm³/mol. The highest BCUT2D eigenvalue weighted by Gasteiger charge is 2.28. The van der Waals surface area contributed by atoms with Gasteiger partial charge in [-0.15, -0.1) is 0 Å². The van der Waals surface area contributed by atoms with Gasteiger partial charge in [-0.3, -0.25) is 9.78 Å². The zero-order valence-electron chi connectivity index (χ0n) is 18.5. The Morgan fingerprint density at radius 3 is 2.64 bits per heavy atom. The van der Waals surface area contributed by atoms with Crippen LogP contribution in [0.15, 0.2) is 48.7 Å². The van der Waals surface area contributed by atoms with Crippen molar-refractivity contribution >= 4 is 27.8 Å². The molecule has 0 aliphatic heterocycles. The highest BCUT2D eigenvalue weighted by molar-refractivity contribution is 5.97. The van der Waals surface area contributed by atoms with E-state index in [9.17, 15) is 9.18 Å². The van der Waals surface area contributed by atoms with Gasteiger partial charge in [0.1, 0.15) is 11.6 Å². The second kappa shape index (κ2) is 8.25. The summed E-state index contributed by atoms with van der Waals surface area (Å²) in [5.74, 6) is 1.40. The molecule has 2 N–H and O–H groups in total. The fourth-order valence-corrected chi connectivity index (χ4v) is 5.40. The van der Waals surface area contributed by atoms with Crippen molar-refractivity contribution in [2.24, 2.45) is 0 Å².